The lowest BCUT2D eigenvalue weighted by atomic mass is 10.0. The van der Waals surface area contributed by atoms with Crippen LogP contribution in [0.2, 0.25) is 0 Å². The number of benzene rings is 1. The van der Waals surface area contributed by atoms with E-state index in [1.807, 2.05) is 18.2 Å². The summed E-state index contributed by atoms with van der Waals surface area (Å²) in [5, 5.41) is 0. The molecule has 0 heterocycles. The number of nitrogens with two attached hydrogens (primary N) is 1. The fourth-order valence-electron chi connectivity index (χ4n) is 1.66. The average molecular weight is 221 g/mol. The molecule has 0 fully saturated rings. The van der Waals surface area contributed by atoms with Gasteiger partial charge in [-0.25, -0.2) is 0 Å². The van der Waals surface area contributed by atoms with E-state index in [2.05, 4.69) is 32.9 Å². The molecular weight excluding hydrogens is 198 g/mol. The van der Waals surface area contributed by atoms with Gasteiger partial charge in [0.2, 0.25) is 0 Å². The predicted molar refractivity (Wildman–Crippen MR) is 68.1 cm³/mol. The third-order valence-corrected chi connectivity index (χ3v) is 2.70. The molecule has 0 spiro atoms. The smallest absolute Gasteiger partial charge is 0.0721 e. The van der Waals surface area contributed by atoms with Crippen LogP contribution in [0.1, 0.15) is 32.8 Å². The van der Waals surface area contributed by atoms with Gasteiger partial charge in [-0.2, -0.15) is 0 Å². The molecule has 0 unspecified atom stereocenters. The highest BCUT2D eigenvalue weighted by atomic mass is 16.5. The Kier molecular flexibility index (Phi) is 5.50. The van der Waals surface area contributed by atoms with E-state index in [1.54, 1.807) is 0 Å². The van der Waals surface area contributed by atoms with Gasteiger partial charge in [-0.1, -0.05) is 44.2 Å². The molecule has 1 rings (SSSR count). The summed E-state index contributed by atoms with van der Waals surface area (Å²) in [5.41, 5.74) is 7.26. The van der Waals surface area contributed by atoms with Crippen molar-refractivity contribution in [2.45, 2.75) is 45.9 Å². The van der Waals surface area contributed by atoms with Crippen molar-refractivity contribution in [1.82, 2.24) is 0 Å². The molecule has 0 aliphatic carbocycles. The Hall–Kier alpha value is -0.860. The number of hydrogen-bond donors (Lipinski definition) is 1. The maximum Gasteiger partial charge on any atom is 0.0721 e. The molecule has 0 aliphatic rings. The van der Waals surface area contributed by atoms with Crippen molar-refractivity contribution < 1.29 is 4.74 Å². The quantitative estimate of drug-likeness (QED) is 0.801. The lowest BCUT2D eigenvalue weighted by Gasteiger charge is -2.22. The summed E-state index contributed by atoms with van der Waals surface area (Å²) in [6.07, 6.45) is 1.12. The maximum absolute atomic E-state index is 6.06. The molecule has 90 valence electrons. The molecule has 0 amide bonds. The monoisotopic (exact) mass is 221 g/mol. The van der Waals surface area contributed by atoms with E-state index in [4.69, 9.17) is 10.5 Å². The number of rotatable bonds is 6. The van der Waals surface area contributed by atoms with Gasteiger partial charge in [0.1, 0.15) is 0 Å². The van der Waals surface area contributed by atoms with Gasteiger partial charge in [-0.05, 0) is 24.8 Å². The second kappa shape index (κ2) is 6.66. The summed E-state index contributed by atoms with van der Waals surface area (Å²) in [5.74, 6) is 0.623. The summed E-state index contributed by atoms with van der Waals surface area (Å²) < 4.78 is 5.77. The van der Waals surface area contributed by atoms with E-state index in [0.29, 0.717) is 12.5 Å². The highest BCUT2D eigenvalue weighted by molar-refractivity contribution is 5.13. The van der Waals surface area contributed by atoms with Crippen molar-refractivity contribution >= 4 is 0 Å². The van der Waals surface area contributed by atoms with E-state index < -0.39 is 0 Å². The zero-order chi connectivity index (χ0) is 12.0. The molecular formula is C14H23NO. The Morgan fingerprint density at radius 2 is 1.75 bits per heavy atom. The van der Waals surface area contributed by atoms with Crippen molar-refractivity contribution in [2.24, 2.45) is 11.7 Å². The van der Waals surface area contributed by atoms with E-state index in [-0.39, 0.29) is 12.1 Å². The Balaban J connectivity index is 2.32. The molecule has 2 atom stereocenters. The first-order valence-electron chi connectivity index (χ1n) is 6.00. The number of ether oxygens (including phenoxy) is 1. The fourth-order valence-corrected chi connectivity index (χ4v) is 1.66. The fraction of sp³-hybridized carbons (Fsp3) is 0.571. The third kappa shape index (κ3) is 4.77. The summed E-state index contributed by atoms with van der Waals surface area (Å²) in [7, 11) is 0. The van der Waals surface area contributed by atoms with E-state index >= 15 is 0 Å². The van der Waals surface area contributed by atoms with Crippen LogP contribution in [0.5, 0.6) is 0 Å². The van der Waals surface area contributed by atoms with Crippen molar-refractivity contribution in [3.63, 3.8) is 0 Å². The highest BCUT2D eigenvalue weighted by Gasteiger charge is 2.14. The van der Waals surface area contributed by atoms with Gasteiger partial charge in [0, 0.05) is 6.04 Å². The first-order valence-corrected chi connectivity index (χ1v) is 6.00. The Morgan fingerprint density at radius 3 is 2.31 bits per heavy atom. The normalized spacial score (nSPS) is 15.1. The molecule has 0 saturated carbocycles. The van der Waals surface area contributed by atoms with E-state index in [1.165, 1.54) is 5.56 Å². The third-order valence-electron chi connectivity index (χ3n) is 2.70. The summed E-state index contributed by atoms with van der Waals surface area (Å²) >= 11 is 0. The Morgan fingerprint density at radius 1 is 1.12 bits per heavy atom. The second-order valence-electron chi connectivity index (χ2n) is 4.80. The van der Waals surface area contributed by atoms with Gasteiger partial charge in [-0.3, -0.25) is 0 Å². The van der Waals surface area contributed by atoms with E-state index in [9.17, 15) is 0 Å². The van der Waals surface area contributed by atoms with Crippen LogP contribution in [0.25, 0.3) is 0 Å². The molecule has 0 radical (unpaired) electrons. The van der Waals surface area contributed by atoms with Crippen LogP contribution in [0.3, 0.4) is 0 Å². The van der Waals surface area contributed by atoms with Gasteiger partial charge >= 0.3 is 0 Å². The van der Waals surface area contributed by atoms with Crippen LogP contribution in [-0.2, 0) is 11.3 Å². The topological polar surface area (TPSA) is 35.2 Å². The molecule has 0 saturated heterocycles. The molecule has 16 heavy (non-hydrogen) atoms. The van der Waals surface area contributed by atoms with Crippen molar-refractivity contribution in [1.29, 1.82) is 0 Å². The lowest BCUT2D eigenvalue weighted by Crippen LogP contribution is -2.35. The predicted octanol–water partition coefficient (Wildman–Crippen LogP) is 2.97. The Bertz CT molecular complexity index is 284. The highest BCUT2D eigenvalue weighted by Crippen LogP contribution is 2.10. The van der Waals surface area contributed by atoms with Crippen LogP contribution in [-0.4, -0.2) is 12.1 Å². The van der Waals surface area contributed by atoms with Crippen LogP contribution in [0, 0.1) is 5.92 Å². The minimum atomic E-state index is 0.114. The van der Waals surface area contributed by atoms with Crippen LogP contribution >= 0.6 is 0 Å². The average Bonchev–Trinajstić information content (AvgIpc) is 2.26. The zero-order valence-corrected chi connectivity index (χ0v) is 10.5. The summed E-state index contributed by atoms with van der Waals surface area (Å²) in [4.78, 5) is 0. The molecule has 0 bridgehead atoms. The minimum Gasteiger partial charge on any atom is -0.372 e. The molecule has 0 aromatic heterocycles. The van der Waals surface area contributed by atoms with Gasteiger partial charge in [0.15, 0.2) is 0 Å². The largest absolute Gasteiger partial charge is 0.372 e. The van der Waals surface area contributed by atoms with Crippen molar-refractivity contribution in [2.75, 3.05) is 0 Å². The van der Waals surface area contributed by atoms with E-state index in [0.717, 1.165) is 6.42 Å². The standard InChI is InChI=1S/C14H23NO/c1-11(2)9-14(15)12(3)16-10-13-7-5-4-6-8-13/h4-8,11-12,14H,9-10,15H2,1-3H3/t12-,14-/m0/s1. The van der Waals surface area contributed by atoms with Crippen LogP contribution in [0.15, 0.2) is 30.3 Å². The molecule has 2 heteroatoms. The number of hydrogen-bond acceptors (Lipinski definition) is 2. The zero-order valence-electron chi connectivity index (χ0n) is 10.5. The minimum absolute atomic E-state index is 0.114. The molecule has 2 N–H and O–H groups in total. The lowest BCUT2D eigenvalue weighted by molar-refractivity contribution is 0.0316. The SMILES string of the molecule is CC(C)C[C@H](N)[C@H](C)OCc1ccccc1. The second-order valence-corrected chi connectivity index (χ2v) is 4.80. The maximum atomic E-state index is 6.06. The molecule has 0 aliphatic heterocycles. The van der Waals surface area contributed by atoms with Crippen molar-refractivity contribution in [3.8, 4) is 0 Å². The first-order chi connectivity index (χ1) is 7.59. The summed E-state index contributed by atoms with van der Waals surface area (Å²) in [6, 6.07) is 10.3. The first kappa shape index (κ1) is 13.2. The molecule has 1 aromatic rings. The Labute approximate surface area is 98.8 Å². The van der Waals surface area contributed by atoms with Crippen molar-refractivity contribution in [3.05, 3.63) is 35.9 Å². The molecule has 1 aromatic carbocycles. The van der Waals surface area contributed by atoms with Crippen LogP contribution < -0.4 is 5.73 Å². The van der Waals surface area contributed by atoms with Gasteiger partial charge in [-0.15, -0.1) is 0 Å². The van der Waals surface area contributed by atoms with Gasteiger partial charge in [0.05, 0.1) is 12.7 Å². The van der Waals surface area contributed by atoms with Gasteiger partial charge < -0.3 is 10.5 Å². The summed E-state index contributed by atoms with van der Waals surface area (Å²) in [6.45, 7) is 7.07. The van der Waals surface area contributed by atoms with Crippen LogP contribution in [0.4, 0.5) is 0 Å². The van der Waals surface area contributed by atoms with Gasteiger partial charge in [0.25, 0.3) is 0 Å². The molecule has 2 nitrogen and oxygen atoms in total.